The zero-order chi connectivity index (χ0) is 9.26. The molecule has 2 N–H and O–H groups in total. The van der Waals surface area contributed by atoms with Gasteiger partial charge in [0, 0.05) is 6.61 Å². The van der Waals surface area contributed by atoms with Crippen molar-refractivity contribution in [1.82, 2.24) is 9.78 Å². The highest BCUT2D eigenvalue weighted by Gasteiger charge is 2.17. The zero-order valence-electron chi connectivity index (χ0n) is 7.24. The van der Waals surface area contributed by atoms with Gasteiger partial charge in [-0.15, -0.1) is 0 Å². The molecule has 0 spiro atoms. The molecule has 1 aromatic rings. The van der Waals surface area contributed by atoms with E-state index in [2.05, 4.69) is 5.10 Å². The van der Waals surface area contributed by atoms with Crippen LogP contribution in [-0.2, 0) is 11.3 Å². The fourth-order valence-corrected chi connectivity index (χ4v) is 1.64. The second-order valence-corrected chi connectivity index (χ2v) is 3.60. The monoisotopic (exact) mass is 201 g/mol. The van der Waals surface area contributed by atoms with Gasteiger partial charge in [-0.25, -0.2) is 4.68 Å². The van der Waals surface area contributed by atoms with Crippen LogP contribution in [0, 0.1) is 0 Å². The molecule has 0 amide bonds. The largest absolute Gasteiger partial charge is 0.383 e. The van der Waals surface area contributed by atoms with Gasteiger partial charge in [0.1, 0.15) is 10.8 Å². The lowest BCUT2D eigenvalue weighted by molar-refractivity contribution is 0.0945. The van der Waals surface area contributed by atoms with Gasteiger partial charge in [-0.2, -0.15) is 5.10 Å². The molecule has 0 aliphatic carbocycles. The molecular weight excluding hydrogens is 190 g/mol. The van der Waals surface area contributed by atoms with E-state index in [1.807, 2.05) is 0 Å². The lowest BCUT2D eigenvalue weighted by Gasteiger charge is -2.10. The van der Waals surface area contributed by atoms with Crippen molar-refractivity contribution in [2.75, 3.05) is 12.3 Å². The molecule has 5 heteroatoms. The van der Waals surface area contributed by atoms with E-state index >= 15 is 0 Å². The van der Waals surface area contributed by atoms with Gasteiger partial charge >= 0.3 is 0 Å². The Balaban J connectivity index is 2.04. The van der Waals surface area contributed by atoms with Gasteiger partial charge in [-0.05, 0) is 12.8 Å². The summed E-state index contributed by atoms with van der Waals surface area (Å²) in [7, 11) is 0. The van der Waals surface area contributed by atoms with Crippen LogP contribution in [0.2, 0.25) is 5.02 Å². The molecule has 0 bridgehead atoms. The molecule has 72 valence electrons. The summed E-state index contributed by atoms with van der Waals surface area (Å²) in [5, 5.41) is 4.57. The lowest BCUT2D eigenvalue weighted by atomic mass is 10.2. The van der Waals surface area contributed by atoms with E-state index in [-0.39, 0.29) is 6.10 Å². The van der Waals surface area contributed by atoms with Crippen LogP contribution in [-0.4, -0.2) is 22.5 Å². The molecule has 1 fully saturated rings. The Morgan fingerprint density at radius 3 is 3.15 bits per heavy atom. The number of nitrogen functional groups attached to an aromatic ring is 1. The molecule has 0 aromatic carbocycles. The summed E-state index contributed by atoms with van der Waals surface area (Å²) in [6.45, 7) is 1.55. The first-order chi connectivity index (χ1) is 6.27. The van der Waals surface area contributed by atoms with Crippen molar-refractivity contribution in [3.63, 3.8) is 0 Å². The number of halogens is 1. The lowest BCUT2D eigenvalue weighted by Crippen LogP contribution is -2.17. The van der Waals surface area contributed by atoms with Gasteiger partial charge in [-0.1, -0.05) is 11.6 Å². The Morgan fingerprint density at radius 2 is 2.62 bits per heavy atom. The highest BCUT2D eigenvalue weighted by molar-refractivity contribution is 6.32. The standard InChI is InChI=1S/C8H12ClN3O/c9-7-4-11-12(8(7)10)5-6-2-1-3-13-6/h4,6H,1-3,5,10H2. The summed E-state index contributed by atoms with van der Waals surface area (Å²) in [5.74, 6) is 0.525. The maximum absolute atomic E-state index is 5.77. The van der Waals surface area contributed by atoms with Crippen LogP contribution in [0.4, 0.5) is 5.82 Å². The summed E-state index contributed by atoms with van der Waals surface area (Å²) in [6.07, 6.45) is 4.01. The SMILES string of the molecule is Nc1c(Cl)cnn1CC1CCCO1. The average Bonchev–Trinajstić information content (AvgIpc) is 2.71. The van der Waals surface area contributed by atoms with Crippen molar-refractivity contribution in [3.05, 3.63) is 11.2 Å². The molecular formula is C8H12ClN3O. The number of hydrogen-bond acceptors (Lipinski definition) is 3. The first-order valence-corrected chi connectivity index (χ1v) is 4.73. The van der Waals surface area contributed by atoms with Crippen molar-refractivity contribution in [1.29, 1.82) is 0 Å². The minimum Gasteiger partial charge on any atom is -0.383 e. The molecule has 13 heavy (non-hydrogen) atoms. The molecule has 1 saturated heterocycles. The first-order valence-electron chi connectivity index (χ1n) is 4.36. The highest BCUT2D eigenvalue weighted by atomic mass is 35.5. The van der Waals surface area contributed by atoms with Crippen LogP contribution in [0.3, 0.4) is 0 Å². The van der Waals surface area contributed by atoms with Gasteiger partial charge in [0.05, 0.1) is 18.8 Å². The fourth-order valence-electron chi connectivity index (χ4n) is 1.50. The van der Waals surface area contributed by atoms with Crippen LogP contribution in [0.1, 0.15) is 12.8 Å². The number of aromatic nitrogens is 2. The molecule has 1 aromatic heterocycles. The zero-order valence-corrected chi connectivity index (χ0v) is 8.00. The summed E-state index contributed by atoms with van der Waals surface area (Å²) in [4.78, 5) is 0. The number of nitrogens with zero attached hydrogens (tertiary/aromatic N) is 2. The van der Waals surface area contributed by atoms with Gasteiger partial charge in [0.15, 0.2) is 0 Å². The predicted molar refractivity (Wildman–Crippen MR) is 50.6 cm³/mol. The van der Waals surface area contributed by atoms with E-state index in [9.17, 15) is 0 Å². The third-order valence-corrected chi connectivity index (χ3v) is 2.53. The van der Waals surface area contributed by atoms with Crippen LogP contribution in [0.5, 0.6) is 0 Å². The normalized spacial score (nSPS) is 22.4. The van der Waals surface area contributed by atoms with E-state index in [4.69, 9.17) is 22.1 Å². The Kier molecular flexibility index (Phi) is 2.42. The van der Waals surface area contributed by atoms with Crippen molar-refractivity contribution in [2.24, 2.45) is 0 Å². The molecule has 2 heterocycles. The number of anilines is 1. The molecule has 1 aliphatic heterocycles. The van der Waals surface area contributed by atoms with E-state index < -0.39 is 0 Å². The predicted octanol–water partition coefficient (Wildman–Crippen LogP) is 1.30. The van der Waals surface area contributed by atoms with Crippen LogP contribution in [0.25, 0.3) is 0 Å². The molecule has 0 radical (unpaired) electrons. The van der Waals surface area contributed by atoms with E-state index in [1.54, 1.807) is 10.9 Å². The molecule has 1 atom stereocenters. The fraction of sp³-hybridized carbons (Fsp3) is 0.625. The number of ether oxygens (including phenoxy) is 1. The Morgan fingerprint density at radius 1 is 1.77 bits per heavy atom. The maximum Gasteiger partial charge on any atom is 0.140 e. The third-order valence-electron chi connectivity index (χ3n) is 2.23. The molecule has 0 saturated carbocycles. The van der Waals surface area contributed by atoms with Crippen molar-refractivity contribution in [2.45, 2.75) is 25.5 Å². The summed E-state index contributed by atoms with van der Waals surface area (Å²) < 4.78 is 7.15. The average molecular weight is 202 g/mol. The van der Waals surface area contributed by atoms with E-state index in [0.717, 1.165) is 19.4 Å². The topological polar surface area (TPSA) is 53.1 Å². The number of rotatable bonds is 2. The van der Waals surface area contributed by atoms with Crippen LogP contribution in [0.15, 0.2) is 6.20 Å². The number of nitrogens with two attached hydrogens (primary N) is 1. The van der Waals surface area contributed by atoms with Crippen molar-refractivity contribution in [3.8, 4) is 0 Å². The van der Waals surface area contributed by atoms with Crippen molar-refractivity contribution >= 4 is 17.4 Å². The van der Waals surface area contributed by atoms with Crippen molar-refractivity contribution < 1.29 is 4.74 Å². The van der Waals surface area contributed by atoms with Gasteiger partial charge in [0.25, 0.3) is 0 Å². The van der Waals surface area contributed by atoms with Gasteiger partial charge in [-0.3, -0.25) is 0 Å². The summed E-state index contributed by atoms with van der Waals surface area (Å²) in [5.41, 5.74) is 5.69. The van der Waals surface area contributed by atoms with Gasteiger partial charge in [0.2, 0.25) is 0 Å². The third kappa shape index (κ3) is 1.78. The first kappa shape index (κ1) is 8.84. The Labute approximate surface area is 81.6 Å². The summed E-state index contributed by atoms with van der Waals surface area (Å²) >= 11 is 5.77. The minimum atomic E-state index is 0.248. The van der Waals surface area contributed by atoms with E-state index in [0.29, 0.717) is 17.4 Å². The second kappa shape index (κ2) is 3.55. The van der Waals surface area contributed by atoms with Crippen LogP contribution >= 0.6 is 11.6 Å². The van der Waals surface area contributed by atoms with E-state index in [1.165, 1.54) is 0 Å². The quantitative estimate of drug-likeness (QED) is 0.785. The minimum absolute atomic E-state index is 0.248. The molecule has 4 nitrogen and oxygen atoms in total. The summed E-state index contributed by atoms with van der Waals surface area (Å²) in [6, 6.07) is 0. The Bertz CT molecular complexity index is 294. The van der Waals surface area contributed by atoms with Crippen LogP contribution < -0.4 is 5.73 Å². The van der Waals surface area contributed by atoms with Gasteiger partial charge < -0.3 is 10.5 Å². The second-order valence-electron chi connectivity index (χ2n) is 3.19. The molecule has 2 rings (SSSR count). The maximum atomic E-state index is 5.77. The molecule has 1 unspecified atom stereocenters. The number of hydrogen-bond donors (Lipinski definition) is 1. The highest BCUT2D eigenvalue weighted by Crippen LogP contribution is 2.20. The Hall–Kier alpha value is -0.740. The smallest absolute Gasteiger partial charge is 0.140 e. The molecule has 1 aliphatic rings.